The topological polar surface area (TPSA) is 45.4 Å². The van der Waals surface area contributed by atoms with Crippen molar-refractivity contribution in [2.24, 2.45) is 22.7 Å². The molecule has 6 heteroatoms. The van der Waals surface area contributed by atoms with Crippen molar-refractivity contribution in [2.75, 3.05) is 39.3 Å². The van der Waals surface area contributed by atoms with Gasteiger partial charge in [0.2, 0.25) is 0 Å². The van der Waals surface area contributed by atoms with Gasteiger partial charge in [-0.25, -0.2) is 0 Å². The Hall–Kier alpha value is -3.19. The molecule has 11 rings (SSSR count). The summed E-state index contributed by atoms with van der Waals surface area (Å²) in [5.41, 5.74) is 10.1. The summed E-state index contributed by atoms with van der Waals surface area (Å²) < 4.78 is 5.34. The number of piperidine rings is 2. The van der Waals surface area contributed by atoms with E-state index in [1.807, 2.05) is 0 Å². The molecule has 0 spiro atoms. The lowest BCUT2D eigenvalue weighted by molar-refractivity contribution is -0.140. The van der Waals surface area contributed by atoms with Crippen molar-refractivity contribution in [2.45, 2.75) is 82.8 Å². The second-order valence-electron chi connectivity index (χ2n) is 16.7. The molecule has 2 aromatic heterocycles. The molecule has 1 N–H and O–H groups in total. The molecule has 7 aliphatic rings. The van der Waals surface area contributed by atoms with Gasteiger partial charge >= 0.3 is 0 Å². The number of rotatable bonds is 5. The summed E-state index contributed by atoms with van der Waals surface area (Å²) in [7, 11) is 0. The molecule has 4 aromatic rings. The van der Waals surface area contributed by atoms with Crippen LogP contribution in [0.15, 0.2) is 54.6 Å². The number of aldehydes is 1. The lowest BCUT2D eigenvalue weighted by atomic mass is 9.50. The largest absolute Gasteiger partial charge is 0.328 e. The van der Waals surface area contributed by atoms with Gasteiger partial charge in [0.15, 0.2) is 0 Å². The van der Waals surface area contributed by atoms with Crippen molar-refractivity contribution in [3.63, 3.8) is 0 Å². The highest BCUT2D eigenvalue weighted by atomic mass is 16.1. The fraction of sp³-hybridized carbons (Fsp3) is 0.548. The second kappa shape index (κ2) is 9.74. The first-order valence-corrected chi connectivity index (χ1v) is 19.2. The highest BCUT2D eigenvalue weighted by molar-refractivity contribution is 5.91. The summed E-state index contributed by atoms with van der Waals surface area (Å²) in [6.45, 7) is 11.4. The van der Waals surface area contributed by atoms with E-state index in [-0.39, 0.29) is 16.7 Å². The molecule has 48 heavy (non-hydrogen) atoms. The Kier molecular flexibility index (Phi) is 5.81. The molecular weight excluding hydrogens is 590 g/mol. The van der Waals surface area contributed by atoms with Gasteiger partial charge in [-0.2, -0.15) is 0 Å². The van der Waals surface area contributed by atoms with Crippen molar-refractivity contribution in [1.82, 2.24) is 24.3 Å². The minimum Gasteiger partial charge on any atom is -0.328 e. The molecular formula is C42H49N5O. The van der Waals surface area contributed by atoms with Crippen molar-refractivity contribution >= 4 is 33.8 Å². The molecule has 3 saturated heterocycles. The van der Waals surface area contributed by atoms with E-state index < -0.39 is 5.54 Å². The number of aromatic nitrogens is 2. The van der Waals surface area contributed by atoms with Crippen LogP contribution in [0, 0.1) is 22.7 Å². The molecule has 3 fully saturated rings. The number of carbonyl (C=O) groups excluding carboxylic acids is 1. The zero-order valence-corrected chi connectivity index (χ0v) is 28.7. The zero-order chi connectivity index (χ0) is 32.0. The first kappa shape index (κ1) is 28.6. The summed E-state index contributed by atoms with van der Waals surface area (Å²) in [5, 5.41) is 6.69. The molecule has 7 atom stereocenters. The maximum Gasteiger partial charge on any atom is 0.147 e. The Morgan fingerprint density at radius 3 is 2.33 bits per heavy atom. The third-order valence-corrected chi connectivity index (χ3v) is 15.2. The van der Waals surface area contributed by atoms with Crippen LogP contribution >= 0.6 is 0 Å². The van der Waals surface area contributed by atoms with Gasteiger partial charge in [-0.1, -0.05) is 56.3 Å². The number of hydrogen-bond acceptors (Lipinski definition) is 4. The normalized spacial score (nSPS) is 35.6. The fourth-order valence-electron chi connectivity index (χ4n) is 13.5. The lowest BCUT2D eigenvalue weighted by Gasteiger charge is -2.63. The number of para-hydroxylation sites is 2. The number of nitrogens with one attached hydrogen (secondary N) is 1. The summed E-state index contributed by atoms with van der Waals surface area (Å²) in [6.07, 6.45) is 13.7. The van der Waals surface area contributed by atoms with Crippen LogP contribution < -0.4 is 5.32 Å². The summed E-state index contributed by atoms with van der Waals surface area (Å²) in [4.78, 5) is 19.5. The van der Waals surface area contributed by atoms with E-state index in [2.05, 4.69) is 92.7 Å². The Balaban J connectivity index is 1.13. The SMILES string of the molecule is CC[C@@]12C=C(CC(C)[C@]34CCCN5CCc6c(n(c7ccccc67)[C@@]6(C=O)CNCC36)[C@@H]54)n3c4c(c5ccccc53)CCN(CCC1)[C@H]42. The van der Waals surface area contributed by atoms with E-state index in [0.29, 0.717) is 18.0 Å². The quantitative estimate of drug-likeness (QED) is 0.237. The molecule has 7 aliphatic heterocycles. The van der Waals surface area contributed by atoms with Gasteiger partial charge in [-0.3, -0.25) is 9.80 Å². The molecule has 0 bridgehead atoms. The Bertz CT molecular complexity index is 2050. The highest BCUT2D eigenvalue weighted by Crippen LogP contribution is 2.67. The Morgan fingerprint density at radius 1 is 0.875 bits per heavy atom. The smallest absolute Gasteiger partial charge is 0.147 e. The molecule has 6 nitrogen and oxygen atoms in total. The predicted octanol–water partition coefficient (Wildman–Crippen LogP) is 7.07. The van der Waals surface area contributed by atoms with Crippen LogP contribution in [0.25, 0.3) is 27.5 Å². The van der Waals surface area contributed by atoms with Gasteiger partial charge in [-0.05, 0) is 93.6 Å². The predicted molar refractivity (Wildman–Crippen MR) is 192 cm³/mol. The summed E-state index contributed by atoms with van der Waals surface area (Å²) in [6, 6.07) is 19.1. The molecule has 0 amide bonds. The van der Waals surface area contributed by atoms with Crippen LogP contribution in [0.2, 0.25) is 0 Å². The van der Waals surface area contributed by atoms with Gasteiger partial charge in [0.05, 0.1) is 17.6 Å². The van der Waals surface area contributed by atoms with Gasteiger partial charge in [0, 0.05) is 76.3 Å². The lowest BCUT2D eigenvalue weighted by Crippen LogP contribution is -2.65. The number of hydrogen-bond donors (Lipinski definition) is 1. The van der Waals surface area contributed by atoms with Gasteiger partial charge in [-0.15, -0.1) is 0 Å². The van der Waals surface area contributed by atoms with Crippen LogP contribution in [0.5, 0.6) is 0 Å². The maximum absolute atomic E-state index is 13.8. The number of benzene rings is 2. The van der Waals surface area contributed by atoms with E-state index in [0.717, 1.165) is 38.9 Å². The zero-order valence-electron chi connectivity index (χ0n) is 28.7. The molecule has 0 aliphatic carbocycles. The monoisotopic (exact) mass is 639 g/mol. The first-order valence-electron chi connectivity index (χ1n) is 19.2. The van der Waals surface area contributed by atoms with E-state index in [1.165, 1.54) is 96.8 Å². The number of nitrogens with zero attached hydrogens (tertiary/aromatic N) is 4. The van der Waals surface area contributed by atoms with E-state index in [1.54, 1.807) is 11.3 Å². The number of carbonyl (C=O) groups is 1. The van der Waals surface area contributed by atoms with Crippen molar-refractivity contribution in [1.29, 1.82) is 0 Å². The molecule has 0 saturated carbocycles. The Labute approximate surface area is 284 Å². The van der Waals surface area contributed by atoms with Gasteiger partial charge in [0.25, 0.3) is 0 Å². The molecule has 2 unspecified atom stereocenters. The van der Waals surface area contributed by atoms with Crippen LogP contribution in [0.3, 0.4) is 0 Å². The molecule has 9 heterocycles. The van der Waals surface area contributed by atoms with Gasteiger partial charge in [0.1, 0.15) is 11.8 Å². The molecule has 0 radical (unpaired) electrons. The summed E-state index contributed by atoms with van der Waals surface area (Å²) in [5.74, 6) is 0.682. The number of allylic oxidation sites excluding steroid dienone is 1. The van der Waals surface area contributed by atoms with Crippen molar-refractivity contribution < 1.29 is 4.79 Å². The summed E-state index contributed by atoms with van der Waals surface area (Å²) >= 11 is 0. The van der Waals surface area contributed by atoms with E-state index >= 15 is 0 Å². The van der Waals surface area contributed by atoms with Crippen LogP contribution in [0.1, 0.15) is 87.0 Å². The van der Waals surface area contributed by atoms with Crippen molar-refractivity contribution in [3.8, 4) is 0 Å². The maximum atomic E-state index is 13.8. The average Bonchev–Trinajstić information content (AvgIpc) is 3.82. The third-order valence-electron chi connectivity index (χ3n) is 15.2. The molecule has 2 aromatic carbocycles. The standard InChI is InChI=1S/C42H49N5O/c1-3-40-16-8-18-44-20-14-31-29-10-4-6-12-33(29)46(36(31)38(40)44)28(23-40)22-27(2)42-17-9-19-45-21-15-32-30-11-5-7-13-34(30)47(37(32)39(42)45)41(26-48)25-43-24-35(41)42/h4-7,10-13,23,26-27,35,38-39,43H,3,8-9,14-22,24-25H2,1-2H3/t27?,35?,38-,39-,40+,41-,42-/m1/s1. The second-order valence-corrected chi connectivity index (χ2v) is 16.7. The highest BCUT2D eigenvalue weighted by Gasteiger charge is 2.67. The minimum absolute atomic E-state index is 0.0148. The molecule has 248 valence electrons. The van der Waals surface area contributed by atoms with Crippen LogP contribution in [0.4, 0.5) is 0 Å². The van der Waals surface area contributed by atoms with E-state index in [9.17, 15) is 4.79 Å². The van der Waals surface area contributed by atoms with Crippen LogP contribution in [-0.4, -0.2) is 64.5 Å². The van der Waals surface area contributed by atoms with Crippen LogP contribution in [-0.2, 0) is 23.2 Å². The Morgan fingerprint density at radius 2 is 1.56 bits per heavy atom. The fourth-order valence-corrected chi connectivity index (χ4v) is 13.5. The average molecular weight is 640 g/mol. The van der Waals surface area contributed by atoms with Gasteiger partial charge < -0.3 is 19.2 Å². The van der Waals surface area contributed by atoms with E-state index in [4.69, 9.17) is 0 Å². The minimum atomic E-state index is -0.543. The third kappa shape index (κ3) is 3.20. The number of fused-ring (bicyclic) bond motifs is 9. The van der Waals surface area contributed by atoms with Crippen molar-refractivity contribution in [3.05, 3.63) is 77.1 Å². The first-order chi connectivity index (χ1) is 23.6.